The Morgan fingerprint density at radius 1 is 1.00 bits per heavy atom. The second-order valence-electron chi connectivity index (χ2n) is 8.99. The average Bonchev–Trinajstić information content (AvgIpc) is 3.26. The zero-order valence-electron chi connectivity index (χ0n) is 20.4. The number of rotatable bonds is 4. The van der Waals surface area contributed by atoms with Crippen LogP contribution in [0.3, 0.4) is 0 Å². The molecule has 1 aliphatic carbocycles. The first-order chi connectivity index (χ1) is 16.4. The molecule has 0 spiro atoms. The van der Waals surface area contributed by atoms with Crippen molar-refractivity contribution in [2.24, 2.45) is 17.8 Å². The Morgan fingerprint density at radius 2 is 1.71 bits per heavy atom. The van der Waals surface area contributed by atoms with Gasteiger partial charge in [0.05, 0.1) is 35.8 Å². The predicted octanol–water partition coefficient (Wildman–Crippen LogP) is 5.66. The molecule has 34 heavy (non-hydrogen) atoms. The van der Waals surface area contributed by atoms with E-state index < -0.39 is 0 Å². The molecule has 0 radical (unpaired) electrons. The van der Waals surface area contributed by atoms with Gasteiger partial charge in [-0.2, -0.15) is 0 Å². The molecule has 5 rings (SSSR count). The molecule has 2 aromatic heterocycles. The van der Waals surface area contributed by atoms with Gasteiger partial charge >= 0.3 is 0 Å². The van der Waals surface area contributed by atoms with Gasteiger partial charge in [-0.1, -0.05) is 60.2 Å². The van der Waals surface area contributed by atoms with Crippen LogP contribution in [0.2, 0.25) is 0 Å². The molecule has 0 aliphatic heterocycles. The third kappa shape index (κ3) is 5.29. The van der Waals surface area contributed by atoms with Crippen LogP contribution in [0.4, 0.5) is 5.69 Å². The monoisotopic (exact) mass is 452 g/mol. The molecule has 174 valence electrons. The summed E-state index contributed by atoms with van der Waals surface area (Å²) < 4.78 is 1.94. The van der Waals surface area contributed by atoms with Crippen molar-refractivity contribution in [3.63, 3.8) is 0 Å². The van der Waals surface area contributed by atoms with E-state index in [1.54, 1.807) is 18.7 Å². The third-order valence-corrected chi connectivity index (χ3v) is 6.33. The molecule has 0 unspecified atom stereocenters. The fraction of sp³-hybridized carbons (Fsp3) is 0.286. The standard InChI is InChI=1S/C17H17N5.C11H15N/c1-12-15(20-13(2)16-10-18-11-22(16)3)9-19-17(21-12)14-7-5-4-6-8-14;1-9-3-5-10(6-4-9)11(12)7-2-8-11/h4-11H,1-3H3;3-6H,2,7-8,12H2,1H3. The maximum Gasteiger partial charge on any atom is 0.159 e. The normalized spacial score (nSPS) is 14.7. The summed E-state index contributed by atoms with van der Waals surface area (Å²) in [5.41, 5.74) is 13.3. The number of imidazole rings is 1. The highest BCUT2D eigenvalue weighted by Gasteiger charge is 2.33. The molecule has 2 aromatic carbocycles. The minimum absolute atomic E-state index is 0.00764. The smallest absolute Gasteiger partial charge is 0.159 e. The molecule has 4 aromatic rings. The van der Waals surface area contributed by atoms with Crippen LogP contribution in [-0.2, 0) is 12.6 Å². The van der Waals surface area contributed by atoms with Crippen LogP contribution < -0.4 is 5.73 Å². The summed E-state index contributed by atoms with van der Waals surface area (Å²) in [6.45, 7) is 6.01. The summed E-state index contributed by atoms with van der Waals surface area (Å²) in [6, 6.07) is 18.5. The molecule has 6 heteroatoms. The van der Waals surface area contributed by atoms with Crippen LogP contribution in [0.1, 0.15) is 48.7 Å². The zero-order chi connectivity index (χ0) is 24.1. The van der Waals surface area contributed by atoms with Crippen molar-refractivity contribution in [1.29, 1.82) is 0 Å². The third-order valence-electron chi connectivity index (χ3n) is 6.33. The highest BCUT2D eigenvalue weighted by molar-refractivity contribution is 5.98. The van der Waals surface area contributed by atoms with Crippen molar-refractivity contribution < 1.29 is 0 Å². The molecular weight excluding hydrogens is 420 g/mol. The van der Waals surface area contributed by atoms with E-state index in [9.17, 15) is 0 Å². The van der Waals surface area contributed by atoms with Gasteiger partial charge in [-0.3, -0.25) is 0 Å². The highest BCUT2D eigenvalue weighted by Crippen LogP contribution is 2.38. The molecule has 1 saturated carbocycles. The fourth-order valence-electron chi connectivity index (χ4n) is 3.97. The molecule has 0 saturated heterocycles. The van der Waals surface area contributed by atoms with E-state index in [0.29, 0.717) is 0 Å². The van der Waals surface area contributed by atoms with Crippen molar-refractivity contribution in [3.8, 4) is 11.4 Å². The van der Waals surface area contributed by atoms with Gasteiger partial charge in [0.1, 0.15) is 5.69 Å². The molecule has 1 fully saturated rings. The van der Waals surface area contributed by atoms with Gasteiger partial charge in [-0.25, -0.2) is 19.9 Å². The summed E-state index contributed by atoms with van der Waals surface area (Å²) in [4.78, 5) is 17.7. The predicted molar refractivity (Wildman–Crippen MR) is 138 cm³/mol. The topological polar surface area (TPSA) is 82.0 Å². The van der Waals surface area contributed by atoms with E-state index in [0.717, 1.165) is 47.0 Å². The minimum atomic E-state index is 0.00764. The number of hydrogen-bond donors (Lipinski definition) is 1. The van der Waals surface area contributed by atoms with Crippen molar-refractivity contribution in [2.75, 3.05) is 0 Å². The first-order valence-electron chi connectivity index (χ1n) is 11.6. The summed E-state index contributed by atoms with van der Waals surface area (Å²) in [5, 5.41) is 0. The van der Waals surface area contributed by atoms with Gasteiger partial charge in [0, 0.05) is 18.2 Å². The maximum atomic E-state index is 6.17. The fourth-order valence-corrected chi connectivity index (χ4v) is 3.97. The summed E-state index contributed by atoms with van der Waals surface area (Å²) in [7, 11) is 1.95. The number of nitrogens with two attached hydrogens (primary N) is 1. The lowest BCUT2D eigenvalue weighted by molar-refractivity contribution is 0.253. The quantitative estimate of drug-likeness (QED) is 0.405. The van der Waals surface area contributed by atoms with Gasteiger partial charge in [-0.15, -0.1) is 0 Å². The summed E-state index contributed by atoms with van der Waals surface area (Å²) in [6.07, 6.45) is 8.91. The number of hydrogen-bond acceptors (Lipinski definition) is 5. The van der Waals surface area contributed by atoms with E-state index >= 15 is 0 Å². The first-order valence-corrected chi connectivity index (χ1v) is 11.6. The lowest BCUT2D eigenvalue weighted by Gasteiger charge is -2.38. The van der Waals surface area contributed by atoms with E-state index in [4.69, 9.17) is 5.73 Å². The van der Waals surface area contributed by atoms with Crippen LogP contribution in [-0.4, -0.2) is 25.2 Å². The Balaban J connectivity index is 0.000000192. The van der Waals surface area contributed by atoms with E-state index in [1.165, 1.54) is 17.5 Å². The minimum Gasteiger partial charge on any atom is -0.333 e. The van der Waals surface area contributed by atoms with Crippen LogP contribution in [0.5, 0.6) is 0 Å². The number of benzene rings is 2. The van der Waals surface area contributed by atoms with E-state index in [2.05, 4.69) is 51.1 Å². The van der Waals surface area contributed by atoms with Crippen LogP contribution >= 0.6 is 0 Å². The van der Waals surface area contributed by atoms with E-state index in [1.807, 2.05) is 55.8 Å². The molecule has 0 bridgehead atoms. The Morgan fingerprint density at radius 3 is 2.26 bits per heavy atom. The Hall–Kier alpha value is -3.64. The molecule has 0 atom stereocenters. The van der Waals surface area contributed by atoms with E-state index in [-0.39, 0.29) is 5.54 Å². The number of aliphatic imine (C=N–C) groups is 1. The van der Waals surface area contributed by atoms with Crippen molar-refractivity contribution >= 4 is 11.4 Å². The van der Waals surface area contributed by atoms with Crippen molar-refractivity contribution in [2.45, 2.75) is 45.6 Å². The Labute approximate surface area is 201 Å². The van der Waals surface area contributed by atoms with Crippen LogP contribution in [0.25, 0.3) is 11.4 Å². The largest absolute Gasteiger partial charge is 0.333 e. The van der Waals surface area contributed by atoms with Crippen LogP contribution in [0.15, 0.2) is 78.3 Å². The molecule has 2 heterocycles. The second-order valence-corrected chi connectivity index (χ2v) is 8.99. The van der Waals surface area contributed by atoms with Gasteiger partial charge in [-0.05, 0) is 45.6 Å². The summed E-state index contributed by atoms with van der Waals surface area (Å²) >= 11 is 0. The van der Waals surface area contributed by atoms with Gasteiger partial charge < -0.3 is 10.3 Å². The molecule has 1 aliphatic rings. The molecule has 0 amide bonds. The molecule has 6 nitrogen and oxygen atoms in total. The Kier molecular flexibility index (Phi) is 6.98. The average molecular weight is 453 g/mol. The lowest BCUT2D eigenvalue weighted by atomic mass is 9.73. The Bertz CT molecular complexity index is 1270. The van der Waals surface area contributed by atoms with Crippen LogP contribution in [0, 0.1) is 13.8 Å². The van der Waals surface area contributed by atoms with Gasteiger partial charge in [0.2, 0.25) is 0 Å². The van der Waals surface area contributed by atoms with Crippen molar-refractivity contribution in [1.82, 2.24) is 19.5 Å². The number of aromatic nitrogens is 4. The van der Waals surface area contributed by atoms with Gasteiger partial charge in [0.15, 0.2) is 5.82 Å². The number of aryl methyl sites for hydroxylation is 3. The summed E-state index contributed by atoms with van der Waals surface area (Å²) in [5.74, 6) is 0.718. The molecular formula is C28H32N6. The van der Waals surface area contributed by atoms with Gasteiger partial charge in [0.25, 0.3) is 0 Å². The number of nitrogens with zero attached hydrogens (tertiary/aromatic N) is 5. The first kappa shape index (κ1) is 23.5. The lowest BCUT2D eigenvalue weighted by Crippen LogP contribution is -2.43. The SMILES string of the molecule is CC(=Nc1cnc(-c2ccccc2)nc1C)c1cncn1C.Cc1ccc(C2(N)CCC2)cc1. The van der Waals surface area contributed by atoms with Crippen molar-refractivity contribution in [3.05, 3.63) is 95.8 Å². The molecule has 2 N–H and O–H groups in total. The maximum absolute atomic E-state index is 6.17. The highest BCUT2D eigenvalue weighted by atomic mass is 15.0. The zero-order valence-corrected chi connectivity index (χ0v) is 20.4. The second kappa shape index (κ2) is 10.1.